The van der Waals surface area contributed by atoms with Gasteiger partial charge in [0.2, 0.25) is 0 Å². The van der Waals surface area contributed by atoms with Crippen molar-refractivity contribution in [1.29, 1.82) is 0 Å². The second-order valence-electron chi connectivity index (χ2n) is 15.2. The van der Waals surface area contributed by atoms with Gasteiger partial charge in [0.1, 0.15) is 34.2 Å². The van der Waals surface area contributed by atoms with E-state index in [-0.39, 0.29) is 53.1 Å². The first kappa shape index (κ1) is 33.4. The number of aromatic nitrogens is 3. The van der Waals surface area contributed by atoms with E-state index in [9.17, 15) is 10.2 Å². The summed E-state index contributed by atoms with van der Waals surface area (Å²) in [5, 5.41) is 23.1. The van der Waals surface area contributed by atoms with Crippen molar-refractivity contribution < 1.29 is 28.5 Å². The van der Waals surface area contributed by atoms with Crippen LogP contribution in [0.15, 0.2) is 30.5 Å². The minimum absolute atomic E-state index is 0.0000456. The molecule has 4 aromatic rings. The number of pyridine rings is 1. The highest BCUT2D eigenvalue weighted by atomic mass is 19.1. The average molecular weight is 689 g/mol. The number of phenolic OH excluding ortho intramolecular Hbond substituents is 1. The van der Waals surface area contributed by atoms with E-state index in [1.165, 1.54) is 24.4 Å². The van der Waals surface area contributed by atoms with Gasteiger partial charge in [-0.05, 0) is 92.9 Å². The Morgan fingerprint density at radius 3 is 2.74 bits per heavy atom. The van der Waals surface area contributed by atoms with Gasteiger partial charge in [-0.25, -0.2) is 8.78 Å². The Bertz CT molecular complexity index is 1940. The second kappa shape index (κ2) is 12.8. The van der Waals surface area contributed by atoms with Crippen molar-refractivity contribution in [2.24, 2.45) is 11.1 Å². The summed E-state index contributed by atoms with van der Waals surface area (Å²) in [5.74, 6) is -0.828. The first-order chi connectivity index (χ1) is 24.1. The van der Waals surface area contributed by atoms with Gasteiger partial charge in [-0.15, -0.1) is 0 Å². The van der Waals surface area contributed by atoms with Gasteiger partial charge in [0, 0.05) is 41.8 Å². The van der Waals surface area contributed by atoms with E-state index < -0.39 is 17.2 Å². The largest absolute Gasteiger partial charge is 0.508 e. The first-order valence-electron chi connectivity index (χ1n) is 18.1. The summed E-state index contributed by atoms with van der Waals surface area (Å²) < 4.78 is 44.3. The molecule has 4 aliphatic rings. The fourth-order valence-electron chi connectivity index (χ4n) is 9.22. The second-order valence-corrected chi connectivity index (χ2v) is 15.2. The fraction of sp³-hybridized carbons (Fsp3) is 0.553. The minimum atomic E-state index is -1.17. The van der Waals surface area contributed by atoms with Crippen LogP contribution in [0.2, 0.25) is 0 Å². The molecule has 4 N–H and O–H groups in total. The maximum absolute atomic E-state index is 17.0. The molecular formula is C38H46F2N6O4. The predicted molar refractivity (Wildman–Crippen MR) is 187 cm³/mol. The molecule has 0 radical (unpaired) electrons. The van der Waals surface area contributed by atoms with E-state index in [1.807, 2.05) is 11.8 Å². The topological polar surface area (TPSA) is 130 Å². The maximum atomic E-state index is 17.0. The Morgan fingerprint density at radius 1 is 1.12 bits per heavy atom. The van der Waals surface area contributed by atoms with E-state index in [4.69, 9.17) is 25.2 Å². The number of ether oxygens (including phenoxy) is 2. The van der Waals surface area contributed by atoms with E-state index in [2.05, 4.69) is 9.88 Å². The molecule has 50 heavy (non-hydrogen) atoms. The normalized spacial score (nSPS) is 28.8. The van der Waals surface area contributed by atoms with Gasteiger partial charge in [0.15, 0.2) is 5.82 Å². The molecule has 8 rings (SSSR count). The lowest BCUT2D eigenvalue weighted by Crippen LogP contribution is -2.60. The van der Waals surface area contributed by atoms with Crippen molar-refractivity contribution >= 4 is 27.5 Å². The quantitative estimate of drug-likeness (QED) is 0.230. The van der Waals surface area contributed by atoms with Crippen LogP contribution >= 0.6 is 0 Å². The van der Waals surface area contributed by atoms with Crippen LogP contribution in [0, 0.1) is 17.0 Å². The molecule has 4 heterocycles. The van der Waals surface area contributed by atoms with E-state index in [0.717, 1.165) is 51.5 Å². The van der Waals surface area contributed by atoms with E-state index in [0.29, 0.717) is 65.8 Å². The molecule has 2 aliphatic heterocycles. The zero-order valence-corrected chi connectivity index (χ0v) is 28.8. The molecular weight excluding hydrogens is 642 g/mol. The zero-order valence-electron chi connectivity index (χ0n) is 28.8. The van der Waals surface area contributed by atoms with Crippen LogP contribution in [-0.4, -0.2) is 93.2 Å². The third-order valence-electron chi connectivity index (χ3n) is 11.6. The average Bonchev–Trinajstić information content (AvgIpc) is 3.43. The smallest absolute Gasteiger partial charge is 0.319 e. The Hall–Kier alpha value is -3.71. The van der Waals surface area contributed by atoms with Crippen LogP contribution in [0.1, 0.15) is 64.4 Å². The number of rotatable bonds is 7. The standard InChI is InChI=1S/C38H46F2N6O4/c1-3-26-29(39)8-7-22-14-25(47)17-27(31(22)26)33-32(40)34-28(18-42-33)35(45-12-13-49-20-37(2,48)19-45)44-36(43-34)50-21-38-9-4-6-30(38)46(11-5-10-38)24-15-23(41)16-24/h7-8,14,17-18,23-24,30,47-48H,3-6,9-13,15-16,19-21,41H2,1-2H3. The predicted octanol–water partition coefficient (Wildman–Crippen LogP) is 5.48. The molecule has 266 valence electrons. The number of phenols is 1. The van der Waals surface area contributed by atoms with Crippen LogP contribution in [0.4, 0.5) is 14.6 Å². The van der Waals surface area contributed by atoms with Gasteiger partial charge in [-0.1, -0.05) is 19.4 Å². The van der Waals surface area contributed by atoms with Crippen LogP contribution in [0.3, 0.4) is 0 Å². The number of fused-ring (bicyclic) bond motifs is 3. The third kappa shape index (κ3) is 5.83. The first-order valence-corrected chi connectivity index (χ1v) is 18.1. The molecule has 2 aromatic heterocycles. The van der Waals surface area contributed by atoms with Gasteiger partial charge in [-0.3, -0.25) is 9.88 Å². The SMILES string of the molecule is CCc1c(F)ccc2cc(O)cc(-c3ncc4c(N5CCOCC(C)(O)C5)nc(OCC56CCCC5N(C5CC(N)C5)CCC6)nc4c3F)c12. The molecule has 3 atom stereocenters. The van der Waals surface area contributed by atoms with E-state index >= 15 is 8.78 Å². The molecule has 12 heteroatoms. The lowest BCUT2D eigenvalue weighted by atomic mass is 9.73. The summed E-state index contributed by atoms with van der Waals surface area (Å²) in [4.78, 5) is 18.7. The number of halogens is 2. The number of likely N-dealkylation sites (tertiary alicyclic amines) is 1. The zero-order chi connectivity index (χ0) is 34.8. The highest BCUT2D eigenvalue weighted by Gasteiger charge is 2.51. The monoisotopic (exact) mass is 688 g/mol. The molecule has 2 aliphatic carbocycles. The molecule has 0 bridgehead atoms. The van der Waals surface area contributed by atoms with Crippen LogP contribution in [0.5, 0.6) is 11.8 Å². The number of hydrogen-bond donors (Lipinski definition) is 3. The van der Waals surface area contributed by atoms with Gasteiger partial charge in [0.05, 0.1) is 31.8 Å². The summed E-state index contributed by atoms with van der Waals surface area (Å²) in [6.45, 7) is 6.12. The summed E-state index contributed by atoms with van der Waals surface area (Å²) in [6, 6.07) is 7.14. The van der Waals surface area contributed by atoms with Crippen LogP contribution in [-0.2, 0) is 11.2 Å². The molecule has 2 saturated carbocycles. The summed E-state index contributed by atoms with van der Waals surface area (Å²) >= 11 is 0. The molecule has 10 nitrogen and oxygen atoms in total. The number of β-amino-alcohol motifs (C(OH)–C–C–N with tert-alkyl or cyclic N) is 1. The summed E-state index contributed by atoms with van der Waals surface area (Å²) in [5.41, 5.74) is 5.58. The molecule has 4 fully saturated rings. The number of piperidine rings is 1. The highest BCUT2D eigenvalue weighted by Crippen LogP contribution is 2.50. The summed E-state index contributed by atoms with van der Waals surface area (Å²) in [6.07, 6.45) is 9.36. The van der Waals surface area contributed by atoms with E-state index in [1.54, 1.807) is 13.0 Å². The number of hydrogen-bond acceptors (Lipinski definition) is 10. The van der Waals surface area contributed by atoms with Gasteiger partial charge in [-0.2, -0.15) is 9.97 Å². The molecule has 2 aromatic carbocycles. The minimum Gasteiger partial charge on any atom is -0.508 e. The van der Waals surface area contributed by atoms with Crippen LogP contribution < -0.4 is 15.4 Å². The highest BCUT2D eigenvalue weighted by molar-refractivity contribution is 6.01. The lowest BCUT2D eigenvalue weighted by molar-refractivity contribution is -0.0439. The third-order valence-corrected chi connectivity index (χ3v) is 11.6. The van der Waals surface area contributed by atoms with Gasteiger partial charge >= 0.3 is 6.01 Å². The molecule has 3 unspecified atom stereocenters. The Balaban J connectivity index is 1.23. The number of aryl methyl sites for hydroxylation is 1. The number of aliphatic hydroxyl groups is 1. The van der Waals surface area contributed by atoms with Crippen molar-refractivity contribution in [2.75, 3.05) is 44.4 Å². The number of nitrogens with zero attached hydrogens (tertiary/aromatic N) is 5. The lowest BCUT2D eigenvalue weighted by Gasteiger charge is -2.52. The van der Waals surface area contributed by atoms with Crippen LogP contribution in [0.25, 0.3) is 32.9 Å². The van der Waals surface area contributed by atoms with Crippen molar-refractivity contribution in [3.63, 3.8) is 0 Å². The van der Waals surface area contributed by atoms with Crippen molar-refractivity contribution in [3.05, 3.63) is 47.7 Å². The van der Waals surface area contributed by atoms with Gasteiger partial charge in [0.25, 0.3) is 0 Å². The maximum Gasteiger partial charge on any atom is 0.319 e. The molecule has 0 amide bonds. The molecule has 2 saturated heterocycles. The Morgan fingerprint density at radius 2 is 1.94 bits per heavy atom. The Labute approximate surface area is 290 Å². The number of aromatic hydroxyl groups is 1. The van der Waals surface area contributed by atoms with Crippen molar-refractivity contribution in [1.82, 2.24) is 19.9 Å². The number of anilines is 1. The number of nitrogens with two attached hydrogens (primary N) is 1. The van der Waals surface area contributed by atoms with Crippen molar-refractivity contribution in [2.45, 2.75) is 88.9 Å². The van der Waals surface area contributed by atoms with Crippen molar-refractivity contribution in [3.8, 4) is 23.0 Å². The molecule has 0 spiro atoms. The summed E-state index contributed by atoms with van der Waals surface area (Å²) in [7, 11) is 0. The Kier molecular flexibility index (Phi) is 8.56. The fourth-order valence-corrected chi connectivity index (χ4v) is 9.22. The number of benzene rings is 2. The van der Waals surface area contributed by atoms with Gasteiger partial charge < -0.3 is 30.3 Å².